The number of rotatable bonds is 5. The number of carbonyl (C=O) groups excluding carboxylic acids is 1. The summed E-state index contributed by atoms with van der Waals surface area (Å²) < 4.78 is 83.9. The van der Waals surface area contributed by atoms with Gasteiger partial charge in [0.05, 0.1) is 32.7 Å². The van der Waals surface area contributed by atoms with Crippen molar-refractivity contribution in [3.63, 3.8) is 0 Å². The minimum Gasteiger partial charge on any atom is -0.326 e. The molecule has 4 heterocycles. The Balaban J connectivity index is 2.07. The van der Waals surface area contributed by atoms with E-state index in [0.717, 1.165) is 16.8 Å². The molecule has 0 bridgehead atoms. The molecule has 0 radical (unpaired) electrons. The summed E-state index contributed by atoms with van der Waals surface area (Å²) in [6, 6.07) is 2.00. The Bertz CT molecular complexity index is 1770. The van der Waals surface area contributed by atoms with Crippen LogP contribution < -0.4 is 0 Å². The average Bonchev–Trinajstić information content (AvgIpc) is 3.36. The zero-order chi connectivity index (χ0) is 26.6. The molecule has 36 heavy (non-hydrogen) atoms. The summed E-state index contributed by atoms with van der Waals surface area (Å²) >= 11 is 0. The molecule has 0 fully saturated rings. The van der Waals surface area contributed by atoms with E-state index < -0.39 is 42.4 Å². The van der Waals surface area contributed by atoms with Gasteiger partial charge in [0.25, 0.3) is 0 Å². The molecule has 16 heteroatoms. The van der Waals surface area contributed by atoms with Gasteiger partial charge in [-0.1, -0.05) is 13.8 Å². The topological polar surface area (TPSA) is 142 Å². The average molecular weight is 544 g/mol. The van der Waals surface area contributed by atoms with Crippen LogP contribution in [-0.2, 0) is 32.8 Å². The van der Waals surface area contributed by atoms with Crippen molar-refractivity contribution in [3.8, 4) is 11.4 Å². The SMILES string of the molecule is CCS(=O)(=O)c1nn2c(C(=O)N=S(C)(=O)CC)ccnc2c1-c1nc2cc(C(F)(F)F)ncc2n1C. The molecule has 11 nitrogen and oxygen atoms in total. The third-order valence-corrected chi connectivity index (χ3v) is 8.73. The molecule has 0 spiro atoms. The van der Waals surface area contributed by atoms with E-state index in [2.05, 4.69) is 24.4 Å². The Kier molecular flexibility index (Phi) is 6.15. The second-order valence-corrected chi connectivity index (χ2v) is 12.7. The molecule has 4 aromatic heterocycles. The van der Waals surface area contributed by atoms with Crippen LogP contribution in [-0.4, -0.2) is 65.4 Å². The number of alkyl halides is 3. The smallest absolute Gasteiger partial charge is 0.326 e. The number of amides is 1. The number of imidazole rings is 1. The van der Waals surface area contributed by atoms with E-state index in [-0.39, 0.29) is 45.3 Å². The number of fused-ring (bicyclic) bond motifs is 2. The molecule has 4 aromatic rings. The van der Waals surface area contributed by atoms with E-state index in [1.54, 1.807) is 6.92 Å². The van der Waals surface area contributed by atoms with Gasteiger partial charge in [-0.15, -0.1) is 0 Å². The van der Waals surface area contributed by atoms with Crippen LogP contribution in [0.2, 0.25) is 0 Å². The van der Waals surface area contributed by atoms with Crippen molar-refractivity contribution in [1.29, 1.82) is 0 Å². The number of aromatic nitrogens is 6. The van der Waals surface area contributed by atoms with E-state index in [1.165, 1.54) is 37.1 Å². The van der Waals surface area contributed by atoms with Gasteiger partial charge >= 0.3 is 12.1 Å². The maximum Gasteiger partial charge on any atom is 0.433 e. The van der Waals surface area contributed by atoms with Crippen LogP contribution in [0, 0.1) is 0 Å². The minimum absolute atomic E-state index is 0.0463. The first-order chi connectivity index (χ1) is 16.7. The zero-order valence-corrected chi connectivity index (χ0v) is 21.1. The summed E-state index contributed by atoms with van der Waals surface area (Å²) in [7, 11) is -5.38. The lowest BCUT2D eigenvalue weighted by Crippen LogP contribution is -2.11. The van der Waals surface area contributed by atoms with Gasteiger partial charge < -0.3 is 4.57 Å². The minimum atomic E-state index is -4.70. The summed E-state index contributed by atoms with van der Waals surface area (Å²) in [6.07, 6.45) is -1.18. The van der Waals surface area contributed by atoms with Crippen LogP contribution in [0.25, 0.3) is 28.1 Å². The number of nitrogens with zero attached hydrogens (tertiary/aromatic N) is 7. The summed E-state index contributed by atoms with van der Waals surface area (Å²) in [6.45, 7) is 2.99. The van der Waals surface area contributed by atoms with Gasteiger partial charge in [-0.25, -0.2) is 32.1 Å². The number of carbonyl (C=O) groups is 1. The van der Waals surface area contributed by atoms with Crippen molar-refractivity contribution in [2.75, 3.05) is 17.8 Å². The lowest BCUT2D eigenvalue weighted by Gasteiger charge is -2.05. The molecule has 1 atom stereocenters. The second-order valence-electron chi connectivity index (χ2n) is 7.84. The zero-order valence-electron chi connectivity index (χ0n) is 19.4. The molecular weight excluding hydrogens is 523 g/mol. The van der Waals surface area contributed by atoms with Crippen LogP contribution in [0.5, 0.6) is 0 Å². The van der Waals surface area contributed by atoms with Crippen LogP contribution in [0.3, 0.4) is 0 Å². The van der Waals surface area contributed by atoms with E-state index >= 15 is 0 Å². The molecule has 1 unspecified atom stereocenters. The molecular formula is C20H20F3N7O4S2. The molecule has 0 aliphatic rings. The number of hydrogen-bond donors (Lipinski definition) is 0. The number of pyridine rings is 1. The normalized spacial score (nSPS) is 14.3. The second kappa shape index (κ2) is 8.62. The van der Waals surface area contributed by atoms with Crippen LogP contribution >= 0.6 is 0 Å². The summed E-state index contributed by atoms with van der Waals surface area (Å²) in [5.41, 5.74) is -1.43. The van der Waals surface area contributed by atoms with Crippen molar-refractivity contribution >= 4 is 42.2 Å². The van der Waals surface area contributed by atoms with E-state index in [4.69, 9.17) is 0 Å². The van der Waals surface area contributed by atoms with Crippen molar-refractivity contribution < 1.29 is 30.6 Å². The highest BCUT2D eigenvalue weighted by Crippen LogP contribution is 2.35. The monoisotopic (exact) mass is 543 g/mol. The maximum atomic E-state index is 13.2. The number of sulfone groups is 1. The van der Waals surface area contributed by atoms with Crippen molar-refractivity contribution in [2.45, 2.75) is 25.0 Å². The lowest BCUT2D eigenvalue weighted by atomic mass is 10.3. The van der Waals surface area contributed by atoms with E-state index in [9.17, 15) is 30.6 Å². The fourth-order valence-electron chi connectivity index (χ4n) is 3.39. The van der Waals surface area contributed by atoms with E-state index in [0.29, 0.717) is 0 Å². The highest BCUT2D eigenvalue weighted by Gasteiger charge is 2.34. The third-order valence-electron chi connectivity index (χ3n) is 5.47. The van der Waals surface area contributed by atoms with Crippen molar-refractivity contribution in [1.82, 2.24) is 29.1 Å². The lowest BCUT2D eigenvalue weighted by molar-refractivity contribution is -0.141. The molecule has 192 valence electrons. The highest BCUT2D eigenvalue weighted by atomic mass is 32.2. The van der Waals surface area contributed by atoms with Crippen molar-refractivity contribution in [2.24, 2.45) is 11.4 Å². The Morgan fingerprint density at radius 2 is 1.83 bits per heavy atom. The number of aryl methyl sites for hydroxylation is 1. The Morgan fingerprint density at radius 1 is 1.14 bits per heavy atom. The largest absolute Gasteiger partial charge is 0.433 e. The highest BCUT2D eigenvalue weighted by molar-refractivity contribution is 7.93. The van der Waals surface area contributed by atoms with Gasteiger partial charge in [0.2, 0.25) is 0 Å². The van der Waals surface area contributed by atoms with Gasteiger partial charge in [-0.3, -0.25) is 4.79 Å². The van der Waals surface area contributed by atoms with Gasteiger partial charge in [0, 0.05) is 25.3 Å². The first kappa shape index (κ1) is 25.7. The van der Waals surface area contributed by atoms with Crippen molar-refractivity contribution in [3.05, 3.63) is 35.9 Å². The summed E-state index contributed by atoms with van der Waals surface area (Å²) in [4.78, 5) is 24.7. The fraction of sp³-hybridized carbons (Fsp3) is 0.350. The van der Waals surface area contributed by atoms with E-state index in [1.807, 2.05) is 0 Å². The van der Waals surface area contributed by atoms with Gasteiger partial charge in [-0.2, -0.15) is 22.6 Å². The van der Waals surface area contributed by atoms with Crippen LogP contribution in [0.15, 0.2) is 33.9 Å². The van der Waals surface area contributed by atoms with Crippen LogP contribution in [0.4, 0.5) is 13.2 Å². The van der Waals surface area contributed by atoms with Gasteiger partial charge in [0.1, 0.15) is 22.8 Å². The molecule has 1 amide bonds. The fourth-order valence-corrected chi connectivity index (χ4v) is 4.94. The predicted molar refractivity (Wildman–Crippen MR) is 125 cm³/mol. The molecule has 0 aliphatic heterocycles. The van der Waals surface area contributed by atoms with Gasteiger partial charge in [0.15, 0.2) is 20.5 Å². The summed E-state index contributed by atoms with van der Waals surface area (Å²) in [5.74, 6) is -1.19. The number of hydrogen-bond acceptors (Lipinski definition) is 8. The summed E-state index contributed by atoms with van der Waals surface area (Å²) in [5, 5.41) is 3.66. The Morgan fingerprint density at radius 3 is 2.44 bits per heavy atom. The third kappa shape index (κ3) is 4.34. The molecule has 4 rings (SSSR count). The van der Waals surface area contributed by atoms with Crippen LogP contribution in [0.1, 0.15) is 30.0 Å². The predicted octanol–water partition coefficient (Wildman–Crippen LogP) is 2.75. The molecule has 0 saturated carbocycles. The Hall–Kier alpha value is -3.40. The molecule has 0 aromatic carbocycles. The molecule has 0 aliphatic carbocycles. The quantitative estimate of drug-likeness (QED) is 0.374. The molecule has 0 N–H and O–H groups in total. The first-order valence-corrected chi connectivity index (χ1v) is 14.2. The first-order valence-electron chi connectivity index (χ1n) is 10.4. The number of halogens is 3. The maximum absolute atomic E-state index is 13.2. The standard InChI is InChI=1S/C20H20F3N7O4S2/c1-5-35(4,32)28-18(31)12-7-8-24-16-15(19(27-30(12)16)36(33,34)6-2)17-26-11-9-14(20(21,22)23)25-10-13(11)29(17)3/h7-10H,5-6H2,1-4H3. The molecule has 0 saturated heterocycles. The van der Waals surface area contributed by atoms with Gasteiger partial charge in [-0.05, 0) is 12.1 Å². The Labute approximate surface area is 203 Å².